The first-order valence-corrected chi connectivity index (χ1v) is 4.79. The molecular formula is C10H9NO6. The zero-order chi connectivity index (χ0) is 12.6. The summed E-state index contributed by atoms with van der Waals surface area (Å²) in [5.41, 5.74) is -0.104. The number of hydrogen-bond donors (Lipinski definition) is 2. The van der Waals surface area contributed by atoms with Gasteiger partial charge in [0.2, 0.25) is 5.78 Å². The van der Waals surface area contributed by atoms with Gasteiger partial charge in [-0.1, -0.05) is 0 Å². The Bertz CT molecular complexity index is 470. The number of nitrogens with zero attached hydrogens (tertiary/aromatic N) is 1. The lowest BCUT2D eigenvalue weighted by Gasteiger charge is -2.19. The summed E-state index contributed by atoms with van der Waals surface area (Å²) >= 11 is 0. The molecule has 0 saturated carbocycles. The summed E-state index contributed by atoms with van der Waals surface area (Å²) < 4.78 is 4.84. The second-order valence-electron chi connectivity index (χ2n) is 3.64. The minimum atomic E-state index is -2.21. The molecule has 0 radical (unpaired) electrons. The van der Waals surface area contributed by atoms with Crippen LogP contribution in [0.1, 0.15) is 5.56 Å². The van der Waals surface area contributed by atoms with E-state index in [9.17, 15) is 25.1 Å². The van der Waals surface area contributed by atoms with Gasteiger partial charge in [-0.25, -0.2) is 0 Å². The predicted octanol–water partition coefficient (Wildman–Crippen LogP) is -0.300. The molecule has 0 aliphatic carbocycles. The molecule has 0 bridgehead atoms. The molecule has 7 heteroatoms. The molecule has 1 saturated heterocycles. The summed E-state index contributed by atoms with van der Waals surface area (Å²) in [7, 11) is 0. The summed E-state index contributed by atoms with van der Waals surface area (Å²) in [5.74, 6) is -3.08. The van der Waals surface area contributed by atoms with Crippen molar-refractivity contribution in [1.82, 2.24) is 0 Å². The van der Waals surface area contributed by atoms with Gasteiger partial charge < -0.3 is 14.9 Å². The van der Waals surface area contributed by atoms with Crippen molar-refractivity contribution in [3.63, 3.8) is 0 Å². The zero-order valence-corrected chi connectivity index (χ0v) is 8.57. The molecule has 2 rings (SSSR count). The van der Waals surface area contributed by atoms with Crippen LogP contribution in [-0.2, 0) is 15.3 Å². The maximum atomic E-state index is 11.5. The highest BCUT2D eigenvalue weighted by molar-refractivity contribution is 5.92. The Kier molecular flexibility index (Phi) is 2.66. The molecule has 90 valence electrons. The molecule has 0 amide bonds. The summed E-state index contributed by atoms with van der Waals surface area (Å²) in [6.45, 7) is -0.299. The lowest BCUT2D eigenvalue weighted by molar-refractivity contribution is -0.384. The van der Waals surface area contributed by atoms with E-state index in [1.54, 1.807) is 0 Å². The van der Waals surface area contributed by atoms with Crippen LogP contribution >= 0.6 is 0 Å². The Labute approximate surface area is 95.4 Å². The number of non-ortho nitro benzene ring substituents is 1. The number of ether oxygens (including phenoxy) is 1. The molecule has 17 heavy (non-hydrogen) atoms. The van der Waals surface area contributed by atoms with Crippen LogP contribution < -0.4 is 0 Å². The maximum absolute atomic E-state index is 11.5. The van der Waals surface area contributed by atoms with Gasteiger partial charge in [0.25, 0.3) is 11.5 Å². The molecule has 1 fully saturated rings. The molecule has 1 aromatic carbocycles. The van der Waals surface area contributed by atoms with Crippen molar-refractivity contribution in [3.8, 4) is 0 Å². The fraction of sp³-hybridized carbons (Fsp3) is 0.300. The number of benzene rings is 1. The fourth-order valence-electron chi connectivity index (χ4n) is 1.61. The highest BCUT2D eigenvalue weighted by Gasteiger charge is 2.49. The molecule has 7 nitrogen and oxygen atoms in total. The molecule has 1 heterocycles. The molecule has 2 unspecified atom stereocenters. The molecule has 0 aromatic heterocycles. The van der Waals surface area contributed by atoms with Crippen LogP contribution in [0.25, 0.3) is 0 Å². The average Bonchev–Trinajstić information content (AvgIpc) is 2.59. The largest absolute Gasteiger partial charge is 0.383 e. The van der Waals surface area contributed by atoms with Crippen molar-refractivity contribution in [2.24, 2.45) is 0 Å². The van der Waals surface area contributed by atoms with E-state index < -0.39 is 22.6 Å². The van der Waals surface area contributed by atoms with Crippen molar-refractivity contribution in [2.75, 3.05) is 6.61 Å². The van der Waals surface area contributed by atoms with E-state index >= 15 is 0 Å². The third-order valence-corrected chi connectivity index (χ3v) is 2.56. The van der Waals surface area contributed by atoms with Crippen LogP contribution in [0.2, 0.25) is 0 Å². The van der Waals surface area contributed by atoms with Crippen LogP contribution in [0.15, 0.2) is 24.3 Å². The summed E-state index contributed by atoms with van der Waals surface area (Å²) in [6.07, 6.45) is -1.38. The van der Waals surface area contributed by atoms with Gasteiger partial charge in [-0.3, -0.25) is 14.9 Å². The van der Waals surface area contributed by atoms with Crippen LogP contribution in [0.4, 0.5) is 5.69 Å². The predicted molar refractivity (Wildman–Crippen MR) is 54.0 cm³/mol. The van der Waals surface area contributed by atoms with Crippen LogP contribution in [0.5, 0.6) is 0 Å². The third-order valence-electron chi connectivity index (χ3n) is 2.56. The first-order chi connectivity index (χ1) is 7.95. The molecule has 0 spiro atoms. The Morgan fingerprint density at radius 1 is 1.41 bits per heavy atom. The Morgan fingerprint density at radius 2 is 2.00 bits per heavy atom. The number of ketones is 1. The van der Waals surface area contributed by atoms with Gasteiger partial charge in [0.15, 0.2) is 0 Å². The lowest BCUT2D eigenvalue weighted by atomic mass is 10.0. The number of aliphatic hydroxyl groups excluding tert-OH is 1. The fourth-order valence-corrected chi connectivity index (χ4v) is 1.61. The number of Topliss-reactive ketones (excluding diaryl/α,β-unsaturated/α-hetero) is 1. The number of nitro benzene ring substituents is 1. The minimum absolute atomic E-state index is 0.0599. The van der Waals surface area contributed by atoms with Gasteiger partial charge in [-0.05, 0) is 12.1 Å². The molecule has 1 aromatic rings. The van der Waals surface area contributed by atoms with Crippen molar-refractivity contribution in [2.45, 2.75) is 11.9 Å². The summed E-state index contributed by atoms with van der Waals surface area (Å²) in [4.78, 5) is 21.3. The van der Waals surface area contributed by atoms with Crippen molar-refractivity contribution < 1.29 is 24.7 Å². The monoisotopic (exact) mass is 239 g/mol. The summed E-state index contributed by atoms with van der Waals surface area (Å²) in [6, 6.07) is 4.73. The van der Waals surface area contributed by atoms with Gasteiger partial charge in [0.05, 0.1) is 11.5 Å². The van der Waals surface area contributed by atoms with Crippen LogP contribution in [-0.4, -0.2) is 33.6 Å². The molecule has 2 atom stereocenters. The third kappa shape index (κ3) is 1.80. The van der Waals surface area contributed by atoms with Gasteiger partial charge in [0, 0.05) is 17.7 Å². The highest BCUT2D eigenvalue weighted by Crippen LogP contribution is 2.31. The smallest absolute Gasteiger partial charge is 0.269 e. The van der Waals surface area contributed by atoms with E-state index in [4.69, 9.17) is 4.74 Å². The number of hydrogen-bond acceptors (Lipinski definition) is 6. The van der Waals surface area contributed by atoms with E-state index in [1.165, 1.54) is 12.1 Å². The summed E-state index contributed by atoms with van der Waals surface area (Å²) in [5, 5.41) is 29.6. The second kappa shape index (κ2) is 3.88. The van der Waals surface area contributed by atoms with E-state index in [-0.39, 0.29) is 17.9 Å². The topological polar surface area (TPSA) is 110 Å². The maximum Gasteiger partial charge on any atom is 0.269 e. The molecule has 2 N–H and O–H groups in total. The molecule has 1 aliphatic rings. The molecule has 1 aliphatic heterocycles. The second-order valence-corrected chi connectivity index (χ2v) is 3.64. The number of rotatable bonds is 2. The first-order valence-electron chi connectivity index (χ1n) is 4.79. The van der Waals surface area contributed by atoms with Crippen molar-refractivity contribution >= 4 is 11.5 Å². The van der Waals surface area contributed by atoms with E-state index in [1.807, 2.05) is 0 Å². The highest BCUT2D eigenvalue weighted by atomic mass is 16.6. The van der Waals surface area contributed by atoms with Gasteiger partial charge in [-0.2, -0.15) is 0 Å². The SMILES string of the molecule is O=C1C(O)COC1(O)c1ccc([N+](=O)[O-])cc1. The van der Waals surface area contributed by atoms with Crippen molar-refractivity contribution in [1.29, 1.82) is 0 Å². The van der Waals surface area contributed by atoms with Gasteiger partial charge in [-0.15, -0.1) is 0 Å². The average molecular weight is 239 g/mol. The van der Waals surface area contributed by atoms with E-state index in [2.05, 4.69) is 0 Å². The van der Waals surface area contributed by atoms with Crippen LogP contribution in [0.3, 0.4) is 0 Å². The number of carbonyl (C=O) groups is 1. The minimum Gasteiger partial charge on any atom is -0.383 e. The normalized spacial score (nSPS) is 28.4. The lowest BCUT2D eigenvalue weighted by Crippen LogP contribution is -2.35. The Balaban J connectivity index is 2.35. The van der Waals surface area contributed by atoms with Crippen LogP contribution in [0, 0.1) is 10.1 Å². The standard InChI is InChI=1S/C10H9NO6/c12-8-5-17-10(14,9(8)13)6-1-3-7(4-2-6)11(15)16/h1-4,8,12,14H,5H2. The van der Waals surface area contributed by atoms with Gasteiger partial charge >= 0.3 is 0 Å². The quantitative estimate of drug-likeness (QED) is 0.541. The number of nitro groups is 1. The van der Waals surface area contributed by atoms with Crippen molar-refractivity contribution in [3.05, 3.63) is 39.9 Å². The zero-order valence-electron chi connectivity index (χ0n) is 8.57. The van der Waals surface area contributed by atoms with Gasteiger partial charge in [0.1, 0.15) is 6.10 Å². The first kappa shape index (κ1) is 11.6. The number of carbonyl (C=O) groups excluding carboxylic acids is 1. The van der Waals surface area contributed by atoms with E-state index in [0.29, 0.717) is 0 Å². The van der Waals surface area contributed by atoms with E-state index in [0.717, 1.165) is 12.1 Å². The number of aliphatic hydroxyl groups is 2. The Morgan fingerprint density at radius 3 is 2.41 bits per heavy atom. The molecular weight excluding hydrogens is 230 g/mol. The Hall–Kier alpha value is -1.83.